The molecule has 0 aliphatic carbocycles. The normalized spacial score (nSPS) is 7.29. The van der Waals surface area contributed by atoms with Gasteiger partial charge in [-0.15, -0.1) is 0 Å². The molecule has 0 amide bonds. The molecule has 0 fully saturated rings. The zero-order valence-corrected chi connectivity index (χ0v) is 12.9. The van der Waals surface area contributed by atoms with Crippen LogP contribution in [0.4, 0.5) is 17.1 Å². The van der Waals surface area contributed by atoms with Crippen molar-refractivity contribution in [3.8, 4) is 0 Å². The minimum absolute atomic E-state index is 0.0253. The van der Waals surface area contributed by atoms with Gasteiger partial charge in [-0.2, -0.15) is 15.0 Å². The second-order valence-corrected chi connectivity index (χ2v) is 3.73. The van der Waals surface area contributed by atoms with Crippen LogP contribution >= 0.6 is 0 Å². The molecule has 0 aliphatic heterocycles. The number of hydrogen-bond acceptors (Lipinski definition) is 10. The predicted octanol–water partition coefficient (Wildman–Crippen LogP) is 2.32. The zero-order valence-electron chi connectivity index (χ0n) is 12.9. The van der Waals surface area contributed by atoms with Crippen LogP contribution in [0.15, 0.2) is 15.0 Å². The van der Waals surface area contributed by atoms with Crippen molar-refractivity contribution in [2.45, 2.75) is 20.8 Å². The predicted molar refractivity (Wildman–Crippen MR) is 80.8 cm³/mol. The Morgan fingerprint density at radius 1 is 0.583 bits per heavy atom. The van der Waals surface area contributed by atoms with Crippen molar-refractivity contribution in [1.29, 1.82) is 10.8 Å². The highest BCUT2D eigenvalue weighted by atomic mass is 16.1. The lowest BCUT2D eigenvalue weighted by atomic mass is 9.99. The first kappa shape index (κ1) is 22.4. The topological polar surface area (TPSA) is 170 Å². The van der Waals surface area contributed by atoms with Gasteiger partial charge >= 0.3 is 0 Å². The summed E-state index contributed by atoms with van der Waals surface area (Å²) in [6.45, 7) is 5.22. The number of isocyanates is 5. The maximum absolute atomic E-state index is 10.4. The highest BCUT2D eigenvalue weighted by Crippen LogP contribution is 2.44. The lowest BCUT2D eigenvalue weighted by Crippen LogP contribution is -1.89. The summed E-state index contributed by atoms with van der Waals surface area (Å²) in [6.07, 6.45) is 5.62. The molecule has 10 heteroatoms. The summed E-state index contributed by atoms with van der Waals surface area (Å²) in [7, 11) is 0. The van der Waals surface area contributed by atoms with Crippen molar-refractivity contribution in [2.75, 3.05) is 0 Å². The highest BCUT2D eigenvalue weighted by Gasteiger charge is 2.17. The van der Waals surface area contributed by atoms with Gasteiger partial charge in [0.25, 0.3) is 0 Å². The van der Waals surface area contributed by atoms with Crippen LogP contribution in [0, 0.1) is 31.6 Å². The Labute approximate surface area is 135 Å². The Hall–Kier alpha value is -3.88. The van der Waals surface area contributed by atoms with E-state index in [1.165, 1.54) is 18.2 Å². The average Bonchev–Trinajstić information content (AvgIpc) is 2.54. The molecule has 2 N–H and O–H groups in total. The van der Waals surface area contributed by atoms with E-state index in [1.807, 2.05) is 0 Å². The van der Waals surface area contributed by atoms with Crippen LogP contribution in [-0.4, -0.2) is 30.4 Å². The molecular formula is C14H11N5O5. The lowest BCUT2D eigenvalue weighted by Gasteiger charge is -2.12. The molecule has 0 heterocycles. The third-order valence-corrected chi connectivity index (χ3v) is 2.76. The van der Waals surface area contributed by atoms with Gasteiger partial charge in [-0.25, -0.2) is 34.8 Å². The molecule has 122 valence electrons. The number of nitrogens with one attached hydrogen (secondary N) is 2. The molecule has 0 spiro atoms. The van der Waals surface area contributed by atoms with E-state index in [0.29, 0.717) is 11.1 Å². The van der Waals surface area contributed by atoms with Gasteiger partial charge < -0.3 is 0 Å². The number of benzene rings is 1. The van der Waals surface area contributed by atoms with E-state index in [2.05, 4.69) is 15.0 Å². The van der Waals surface area contributed by atoms with Crippen molar-refractivity contribution < 1.29 is 24.0 Å². The van der Waals surface area contributed by atoms with Crippen molar-refractivity contribution in [3.05, 3.63) is 16.7 Å². The van der Waals surface area contributed by atoms with Gasteiger partial charge in [0.15, 0.2) is 0 Å². The summed E-state index contributed by atoms with van der Waals surface area (Å²) >= 11 is 0. The third kappa shape index (κ3) is 6.26. The minimum Gasteiger partial charge on any atom is -0.222 e. The van der Waals surface area contributed by atoms with E-state index in [1.54, 1.807) is 20.8 Å². The Morgan fingerprint density at radius 2 is 0.833 bits per heavy atom. The van der Waals surface area contributed by atoms with Crippen LogP contribution < -0.4 is 0 Å². The van der Waals surface area contributed by atoms with Gasteiger partial charge in [0.2, 0.25) is 30.4 Å². The number of hydrogen-bond donors (Lipinski definition) is 2. The summed E-state index contributed by atoms with van der Waals surface area (Å²) in [6, 6.07) is 0. The molecular weight excluding hydrogens is 318 g/mol. The zero-order chi connectivity index (χ0) is 19.1. The summed E-state index contributed by atoms with van der Waals surface area (Å²) in [4.78, 5) is 58.4. The van der Waals surface area contributed by atoms with Crippen LogP contribution in [0.25, 0.3) is 0 Å². The maximum atomic E-state index is 10.4. The molecule has 0 unspecified atom stereocenters. The maximum Gasteiger partial charge on any atom is 0.240 e. The number of carbonyl (C=O) groups excluding carboxylic acids is 5. The molecule has 0 atom stereocenters. The molecule has 0 saturated heterocycles. The fraction of sp³-hybridized carbons (Fsp3) is 0.214. The van der Waals surface area contributed by atoms with E-state index in [-0.39, 0.29) is 17.1 Å². The van der Waals surface area contributed by atoms with E-state index >= 15 is 0 Å². The molecule has 0 saturated carbocycles. The van der Waals surface area contributed by atoms with Gasteiger partial charge in [-0.3, -0.25) is 0 Å². The second-order valence-electron chi connectivity index (χ2n) is 3.73. The highest BCUT2D eigenvalue weighted by molar-refractivity contribution is 5.86. The Balaban J connectivity index is 0. The second kappa shape index (κ2) is 12.8. The fourth-order valence-corrected chi connectivity index (χ4v) is 1.62. The van der Waals surface area contributed by atoms with Gasteiger partial charge in [-0.05, 0) is 37.5 Å². The first-order chi connectivity index (χ1) is 11.4. The van der Waals surface area contributed by atoms with Crippen LogP contribution in [0.1, 0.15) is 16.7 Å². The quantitative estimate of drug-likeness (QED) is 0.639. The van der Waals surface area contributed by atoms with Crippen LogP contribution in [0.5, 0.6) is 0 Å². The third-order valence-electron chi connectivity index (χ3n) is 2.76. The van der Waals surface area contributed by atoms with Gasteiger partial charge in [0.05, 0.1) is 0 Å². The fourth-order valence-electron chi connectivity index (χ4n) is 1.62. The van der Waals surface area contributed by atoms with E-state index in [9.17, 15) is 14.4 Å². The van der Waals surface area contributed by atoms with Crippen molar-refractivity contribution in [3.63, 3.8) is 0 Å². The summed E-state index contributed by atoms with van der Waals surface area (Å²) in [5, 5.41) is 10.8. The molecule has 0 bridgehead atoms. The lowest BCUT2D eigenvalue weighted by molar-refractivity contribution is 0.562. The standard InChI is InChI=1S/C12H9N3O3.2CHNO/c1-7-8(2)10(13-4-16)12(15-6-18)11(9(7)3)14-5-17;2*2-1-3/h1-3H3;2*2H. The Morgan fingerprint density at radius 3 is 1.08 bits per heavy atom. The summed E-state index contributed by atoms with van der Waals surface area (Å²) < 4.78 is 0. The SMILES string of the molecule is Cc1c(C)c(N=C=O)c(N=C=O)c(N=C=O)c1C.N=C=O.N=C=O. The number of aliphatic imine (C=N–C) groups is 3. The molecule has 1 aromatic carbocycles. The summed E-state index contributed by atoms with van der Waals surface area (Å²) in [5.74, 6) is 0. The van der Waals surface area contributed by atoms with Gasteiger partial charge in [-0.1, -0.05) is 0 Å². The number of nitrogens with zero attached hydrogens (tertiary/aromatic N) is 3. The van der Waals surface area contributed by atoms with Crippen molar-refractivity contribution in [2.24, 2.45) is 15.0 Å². The van der Waals surface area contributed by atoms with E-state index in [4.69, 9.17) is 20.4 Å². The average molecular weight is 329 g/mol. The van der Waals surface area contributed by atoms with Gasteiger partial charge in [0.1, 0.15) is 17.1 Å². The summed E-state index contributed by atoms with van der Waals surface area (Å²) in [5.41, 5.74) is 2.46. The molecule has 10 nitrogen and oxygen atoms in total. The Bertz CT molecular complexity index is 757. The largest absolute Gasteiger partial charge is 0.240 e. The monoisotopic (exact) mass is 329 g/mol. The van der Waals surface area contributed by atoms with Crippen LogP contribution in [0.3, 0.4) is 0 Å². The first-order valence-electron chi connectivity index (χ1n) is 5.86. The van der Waals surface area contributed by atoms with Gasteiger partial charge in [0, 0.05) is 0 Å². The molecule has 0 aliphatic rings. The molecule has 1 aromatic rings. The smallest absolute Gasteiger partial charge is 0.222 e. The van der Waals surface area contributed by atoms with E-state index in [0.717, 1.165) is 17.7 Å². The molecule has 0 aromatic heterocycles. The van der Waals surface area contributed by atoms with Crippen molar-refractivity contribution >= 4 is 47.5 Å². The minimum atomic E-state index is 0.0253. The Kier molecular flexibility index (Phi) is 12.0. The molecule has 1 rings (SSSR count). The molecule has 24 heavy (non-hydrogen) atoms. The van der Waals surface area contributed by atoms with Crippen molar-refractivity contribution in [1.82, 2.24) is 0 Å². The van der Waals surface area contributed by atoms with Crippen LogP contribution in [0.2, 0.25) is 0 Å². The van der Waals surface area contributed by atoms with E-state index < -0.39 is 0 Å². The number of rotatable bonds is 3. The van der Waals surface area contributed by atoms with Crippen LogP contribution in [-0.2, 0) is 24.0 Å². The molecule has 0 radical (unpaired) electrons. The first-order valence-corrected chi connectivity index (χ1v) is 5.86.